The second-order valence-corrected chi connectivity index (χ2v) is 5.03. The number of allylic oxidation sites excluding steroid dienone is 2. The van der Waals surface area contributed by atoms with Crippen LogP contribution < -0.4 is 5.14 Å². The second kappa shape index (κ2) is 3.51. The lowest BCUT2D eigenvalue weighted by atomic mass is 10.1. The maximum atomic E-state index is 10.9. The van der Waals surface area contributed by atoms with E-state index in [1.165, 1.54) is 0 Å². The minimum atomic E-state index is -3.42. The number of nitrogens with zero attached hydrogens (tertiary/aromatic N) is 1. The number of rotatable bonds is 2. The highest BCUT2D eigenvalue weighted by atomic mass is 32.2. The van der Waals surface area contributed by atoms with Gasteiger partial charge in [-0.2, -0.15) is 0 Å². The molecule has 0 saturated heterocycles. The smallest absolute Gasteiger partial charge is 0.215 e. The van der Waals surface area contributed by atoms with Crippen LogP contribution in [-0.2, 0) is 10.0 Å². The van der Waals surface area contributed by atoms with Crippen molar-refractivity contribution in [3.63, 3.8) is 0 Å². The summed E-state index contributed by atoms with van der Waals surface area (Å²) in [5.41, 5.74) is 1.01. The fourth-order valence-electron chi connectivity index (χ4n) is 1.16. The summed E-state index contributed by atoms with van der Waals surface area (Å²) in [4.78, 5) is 1.93. The Labute approximate surface area is 78.8 Å². The molecule has 0 aromatic heterocycles. The van der Waals surface area contributed by atoms with E-state index in [9.17, 15) is 8.42 Å². The Balaban J connectivity index is 2.75. The summed E-state index contributed by atoms with van der Waals surface area (Å²) in [5.74, 6) is 0. The number of sulfonamides is 1. The van der Waals surface area contributed by atoms with Crippen LogP contribution in [0.2, 0.25) is 0 Å². The van der Waals surface area contributed by atoms with Crippen LogP contribution in [0, 0.1) is 0 Å². The van der Waals surface area contributed by atoms with E-state index >= 15 is 0 Å². The molecule has 0 spiro atoms. The Morgan fingerprint density at radius 3 is 2.46 bits per heavy atom. The summed E-state index contributed by atoms with van der Waals surface area (Å²) in [7, 11) is 0.395. The third-order valence-corrected chi connectivity index (χ3v) is 3.17. The Bertz CT molecular complexity index is 341. The third-order valence-electron chi connectivity index (χ3n) is 1.98. The summed E-state index contributed by atoms with van der Waals surface area (Å²) in [6.07, 6.45) is 5.74. The molecule has 1 rings (SSSR count). The van der Waals surface area contributed by atoms with Gasteiger partial charge in [-0.1, -0.05) is 12.2 Å². The van der Waals surface area contributed by atoms with E-state index in [0.717, 1.165) is 5.70 Å². The highest BCUT2D eigenvalue weighted by molar-refractivity contribution is 7.89. The van der Waals surface area contributed by atoms with Gasteiger partial charge in [-0.25, -0.2) is 13.6 Å². The van der Waals surface area contributed by atoms with Crippen LogP contribution in [0.5, 0.6) is 0 Å². The van der Waals surface area contributed by atoms with Crippen LogP contribution in [0.4, 0.5) is 0 Å². The monoisotopic (exact) mass is 202 g/mol. The molecule has 0 bridgehead atoms. The average Bonchev–Trinajstić information content (AvgIpc) is 2.03. The van der Waals surface area contributed by atoms with E-state index in [-0.39, 0.29) is 0 Å². The van der Waals surface area contributed by atoms with E-state index < -0.39 is 15.3 Å². The van der Waals surface area contributed by atoms with E-state index in [1.54, 1.807) is 12.2 Å². The molecule has 2 N–H and O–H groups in total. The maximum Gasteiger partial charge on any atom is 0.215 e. The van der Waals surface area contributed by atoms with Crippen LogP contribution in [-0.4, -0.2) is 32.7 Å². The van der Waals surface area contributed by atoms with Gasteiger partial charge in [-0.05, 0) is 12.5 Å². The molecular formula is C8H14N2O2S. The second-order valence-electron chi connectivity index (χ2n) is 3.25. The standard InChI is InChI=1S/C8H14N2O2S/c1-10(2)7-3-5-8(6-4-7)13(9,11)12/h3-5,8H,6H2,1-2H3,(H2,9,11,12). The number of hydrogen-bond acceptors (Lipinski definition) is 3. The largest absolute Gasteiger partial charge is 0.378 e. The van der Waals surface area contributed by atoms with Gasteiger partial charge in [0.05, 0.1) is 5.25 Å². The van der Waals surface area contributed by atoms with Crippen LogP contribution >= 0.6 is 0 Å². The van der Waals surface area contributed by atoms with E-state index in [0.29, 0.717) is 6.42 Å². The first-order chi connectivity index (χ1) is 5.91. The normalized spacial score (nSPS) is 22.7. The van der Waals surface area contributed by atoms with Gasteiger partial charge in [0.2, 0.25) is 10.0 Å². The zero-order valence-electron chi connectivity index (χ0n) is 7.77. The van der Waals surface area contributed by atoms with Gasteiger partial charge in [0.15, 0.2) is 0 Å². The van der Waals surface area contributed by atoms with E-state index in [1.807, 2.05) is 25.1 Å². The Morgan fingerprint density at radius 1 is 1.54 bits per heavy atom. The molecule has 74 valence electrons. The topological polar surface area (TPSA) is 63.4 Å². The van der Waals surface area contributed by atoms with Gasteiger partial charge in [0, 0.05) is 19.8 Å². The zero-order chi connectivity index (χ0) is 10.1. The molecule has 0 amide bonds. The molecule has 1 unspecified atom stereocenters. The molecule has 1 aliphatic rings. The zero-order valence-corrected chi connectivity index (χ0v) is 8.58. The SMILES string of the molecule is CN(C)C1=CCC(S(N)(=O)=O)C=C1. The Morgan fingerprint density at radius 2 is 2.15 bits per heavy atom. The predicted molar refractivity (Wildman–Crippen MR) is 52.4 cm³/mol. The lowest BCUT2D eigenvalue weighted by Crippen LogP contribution is -2.28. The molecule has 1 aliphatic carbocycles. The van der Waals surface area contributed by atoms with Gasteiger partial charge in [0.1, 0.15) is 0 Å². The van der Waals surface area contributed by atoms with E-state index in [4.69, 9.17) is 5.14 Å². The fourth-order valence-corrected chi connectivity index (χ4v) is 1.83. The predicted octanol–water partition coefficient (Wildman–Crippen LogP) is 0.0489. The highest BCUT2D eigenvalue weighted by Crippen LogP contribution is 2.16. The van der Waals surface area contributed by atoms with Crippen LogP contribution in [0.25, 0.3) is 0 Å². The maximum absolute atomic E-state index is 10.9. The van der Waals surface area contributed by atoms with Crippen LogP contribution in [0.3, 0.4) is 0 Å². The van der Waals surface area contributed by atoms with Gasteiger partial charge in [0.25, 0.3) is 0 Å². The number of primary sulfonamides is 1. The average molecular weight is 202 g/mol. The summed E-state index contributed by atoms with van der Waals surface area (Å²) < 4.78 is 21.9. The minimum Gasteiger partial charge on any atom is -0.378 e. The molecule has 13 heavy (non-hydrogen) atoms. The van der Waals surface area contributed by atoms with Crippen molar-refractivity contribution in [3.8, 4) is 0 Å². The molecule has 0 heterocycles. The molecule has 0 radical (unpaired) electrons. The number of hydrogen-bond donors (Lipinski definition) is 1. The molecule has 0 aromatic rings. The summed E-state index contributed by atoms with van der Waals surface area (Å²) in [6, 6.07) is 0. The highest BCUT2D eigenvalue weighted by Gasteiger charge is 2.19. The molecule has 4 nitrogen and oxygen atoms in total. The first-order valence-corrected chi connectivity index (χ1v) is 5.59. The van der Waals surface area contributed by atoms with Crippen molar-refractivity contribution < 1.29 is 8.42 Å². The third kappa shape index (κ3) is 2.57. The molecular weight excluding hydrogens is 188 g/mol. The lowest BCUT2D eigenvalue weighted by molar-refractivity contribution is 0.522. The number of nitrogens with two attached hydrogens (primary N) is 1. The van der Waals surface area contributed by atoms with Gasteiger partial charge < -0.3 is 4.90 Å². The van der Waals surface area contributed by atoms with Crippen molar-refractivity contribution in [2.24, 2.45) is 5.14 Å². The first-order valence-electron chi connectivity index (χ1n) is 3.98. The fraction of sp³-hybridized carbons (Fsp3) is 0.500. The molecule has 0 aliphatic heterocycles. The van der Waals surface area contributed by atoms with Crippen molar-refractivity contribution in [1.82, 2.24) is 4.90 Å². The lowest BCUT2D eigenvalue weighted by Gasteiger charge is -2.19. The molecule has 0 saturated carbocycles. The van der Waals surface area contributed by atoms with Crippen molar-refractivity contribution in [3.05, 3.63) is 23.9 Å². The van der Waals surface area contributed by atoms with Gasteiger partial charge in [-0.15, -0.1) is 0 Å². The van der Waals surface area contributed by atoms with Crippen LogP contribution in [0.1, 0.15) is 6.42 Å². The van der Waals surface area contributed by atoms with Crippen molar-refractivity contribution in [1.29, 1.82) is 0 Å². The molecule has 0 fully saturated rings. The summed E-state index contributed by atoms with van der Waals surface area (Å²) in [5, 5.41) is 4.45. The minimum absolute atomic E-state index is 0.461. The number of likely N-dealkylation sites (N-methyl/N-ethyl adjacent to an activating group) is 1. The van der Waals surface area contributed by atoms with Crippen molar-refractivity contribution >= 4 is 10.0 Å². The molecule has 1 atom stereocenters. The Hall–Kier alpha value is -0.810. The van der Waals surface area contributed by atoms with Crippen molar-refractivity contribution in [2.45, 2.75) is 11.7 Å². The first kappa shape index (κ1) is 10.3. The molecule has 0 aromatic carbocycles. The van der Waals surface area contributed by atoms with Gasteiger partial charge >= 0.3 is 0 Å². The summed E-state index contributed by atoms with van der Waals surface area (Å²) in [6.45, 7) is 0. The van der Waals surface area contributed by atoms with Gasteiger partial charge in [-0.3, -0.25) is 0 Å². The quantitative estimate of drug-likeness (QED) is 0.688. The van der Waals surface area contributed by atoms with Crippen LogP contribution in [0.15, 0.2) is 23.9 Å². The van der Waals surface area contributed by atoms with E-state index in [2.05, 4.69) is 0 Å². The summed E-state index contributed by atoms with van der Waals surface area (Å²) >= 11 is 0. The van der Waals surface area contributed by atoms with Crippen molar-refractivity contribution in [2.75, 3.05) is 14.1 Å². The Kier molecular flexibility index (Phi) is 2.77. The molecule has 5 heteroatoms.